The van der Waals surface area contributed by atoms with Crippen LogP contribution in [0.15, 0.2) is 26.6 Å². The molecule has 2 saturated heterocycles. The van der Waals surface area contributed by atoms with E-state index in [1.807, 2.05) is 13.8 Å². The van der Waals surface area contributed by atoms with E-state index in [4.69, 9.17) is 16.3 Å². The second-order valence-electron chi connectivity index (χ2n) is 10.2. The highest BCUT2D eigenvalue weighted by Crippen LogP contribution is 2.41. The monoisotopic (exact) mass is 552 g/mol. The van der Waals surface area contributed by atoms with Crippen LogP contribution in [0.1, 0.15) is 46.0 Å². The summed E-state index contributed by atoms with van der Waals surface area (Å²) in [4.78, 5) is 26.7. The van der Waals surface area contributed by atoms with Crippen molar-refractivity contribution in [2.45, 2.75) is 75.1 Å². The first-order chi connectivity index (χ1) is 17.6. The lowest BCUT2D eigenvalue weighted by atomic mass is 10.0. The van der Waals surface area contributed by atoms with Crippen LogP contribution in [0.2, 0.25) is 5.02 Å². The molecule has 12 heteroatoms. The van der Waals surface area contributed by atoms with Crippen molar-refractivity contribution in [1.29, 1.82) is 0 Å². The number of sulfonamides is 1. The SMILES string of the molecule is CCC(Nc1c(Nc2ccc(Cl)c(S(=O)(=O)N3CCN(C4CC4)CC3)c2O)c(=O)c1=O)[C@H]1CC[C@@H](C)O1. The number of phenols is 1. The minimum atomic E-state index is -4.09. The smallest absolute Gasteiger partial charge is 0.253 e. The van der Waals surface area contributed by atoms with E-state index in [0.717, 1.165) is 25.7 Å². The highest BCUT2D eigenvalue weighted by molar-refractivity contribution is 7.89. The lowest BCUT2D eigenvalue weighted by Gasteiger charge is -2.34. The molecule has 10 nitrogen and oxygen atoms in total. The Morgan fingerprint density at radius 3 is 2.35 bits per heavy atom. The number of benzene rings is 1. The van der Waals surface area contributed by atoms with Gasteiger partial charge in [0.25, 0.3) is 10.9 Å². The van der Waals surface area contributed by atoms with Gasteiger partial charge in [-0.1, -0.05) is 18.5 Å². The molecule has 2 aliphatic heterocycles. The Balaban J connectivity index is 1.37. The van der Waals surface area contributed by atoms with E-state index in [1.54, 1.807) is 0 Å². The maximum Gasteiger partial charge on any atom is 0.253 e. The Morgan fingerprint density at radius 1 is 1.08 bits per heavy atom. The molecule has 1 aliphatic carbocycles. The van der Waals surface area contributed by atoms with Gasteiger partial charge >= 0.3 is 0 Å². The molecule has 3 fully saturated rings. The highest BCUT2D eigenvalue weighted by Gasteiger charge is 2.38. The number of nitrogens with zero attached hydrogens (tertiary/aromatic N) is 2. The number of anilines is 3. The Kier molecular flexibility index (Phi) is 7.27. The number of phenolic OH excluding ortho intramolecular Hbond substituents is 1. The number of hydrogen-bond acceptors (Lipinski definition) is 9. The summed E-state index contributed by atoms with van der Waals surface area (Å²) in [7, 11) is -4.09. The maximum absolute atomic E-state index is 13.5. The molecule has 0 amide bonds. The average Bonchev–Trinajstić information content (AvgIpc) is 3.65. The van der Waals surface area contributed by atoms with Crippen LogP contribution in [0.4, 0.5) is 17.1 Å². The average molecular weight is 553 g/mol. The van der Waals surface area contributed by atoms with Crippen LogP contribution in [0, 0.1) is 0 Å². The van der Waals surface area contributed by atoms with Gasteiger partial charge in [-0.3, -0.25) is 14.5 Å². The normalized spacial score (nSPS) is 24.4. The molecule has 1 saturated carbocycles. The molecule has 3 aliphatic rings. The predicted octanol–water partition coefficient (Wildman–Crippen LogP) is 2.61. The fourth-order valence-electron chi connectivity index (χ4n) is 5.33. The van der Waals surface area contributed by atoms with Gasteiger partial charge in [0.05, 0.1) is 29.0 Å². The van der Waals surface area contributed by atoms with Crippen molar-refractivity contribution >= 4 is 38.7 Å². The summed E-state index contributed by atoms with van der Waals surface area (Å²) in [6, 6.07) is 3.13. The van der Waals surface area contributed by atoms with Crippen LogP contribution >= 0.6 is 11.6 Å². The molecule has 5 rings (SSSR count). The minimum absolute atomic E-state index is 0.0199. The van der Waals surface area contributed by atoms with Gasteiger partial charge in [-0.05, 0) is 51.2 Å². The number of piperazine rings is 1. The van der Waals surface area contributed by atoms with Crippen molar-refractivity contribution in [1.82, 2.24) is 9.21 Å². The lowest BCUT2D eigenvalue weighted by Crippen LogP contribution is -2.49. The second-order valence-corrected chi connectivity index (χ2v) is 12.5. The molecule has 2 heterocycles. The van der Waals surface area contributed by atoms with E-state index < -0.39 is 31.5 Å². The Bertz CT molecular complexity index is 1350. The standard InChI is InChI=1S/C25H33ClN4O6S/c1-3-17(19-9-4-14(2)36-19)27-20-21(24(33)23(20)32)28-18-8-7-16(26)25(22(18)31)37(34,35)30-12-10-29(11-13-30)15-5-6-15/h7-8,14-15,17,19,27-28,31H,3-6,9-13H2,1-2H3/t14-,17?,19-/m1/s1. The Morgan fingerprint density at radius 2 is 1.76 bits per heavy atom. The van der Waals surface area contributed by atoms with E-state index in [0.29, 0.717) is 38.6 Å². The van der Waals surface area contributed by atoms with Gasteiger partial charge in [-0.25, -0.2) is 8.42 Å². The Hall–Kier alpha value is -2.18. The van der Waals surface area contributed by atoms with E-state index >= 15 is 0 Å². The van der Waals surface area contributed by atoms with E-state index in [9.17, 15) is 23.1 Å². The van der Waals surface area contributed by atoms with Gasteiger partial charge in [0.15, 0.2) is 5.75 Å². The number of ether oxygens (including phenoxy) is 1. The molecular formula is C25H33ClN4O6S. The van der Waals surface area contributed by atoms with Crippen LogP contribution in [0.3, 0.4) is 0 Å². The third-order valence-electron chi connectivity index (χ3n) is 7.67. The number of nitrogens with one attached hydrogen (secondary N) is 2. The summed E-state index contributed by atoms with van der Waals surface area (Å²) in [5, 5.41) is 16.8. The molecule has 0 bridgehead atoms. The molecule has 37 heavy (non-hydrogen) atoms. The zero-order valence-corrected chi connectivity index (χ0v) is 22.6. The molecule has 0 spiro atoms. The van der Waals surface area contributed by atoms with E-state index in [1.165, 1.54) is 16.4 Å². The summed E-state index contributed by atoms with van der Waals surface area (Å²) in [5.41, 5.74) is -1.34. The first kappa shape index (κ1) is 26.4. The third-order valence-corrected chi connectivity index (χ3v) is 10.1. The molecule has 3 atom stereocenters. The molecule has 202 valence electrons. The van der Waals surface area contributed by atoms with Gasteiger partial charge in [-0.15, -0.1) is 0 Å². The van der Waals surface area contributed by atoms with Gasteiger partial charge in [0.2, 0.25) is 10.0 Å². The highest BCUT2D eigenvalue weighted by atomic mass is 35.5. The molecule has 3 N–H and O–H groups in total. The van der Waals surface area contributed by atoms with Gasteiger partial charge in [-0.2, -0.15) is 4.31 Å². The van der Waals surface area contributed by atoms with E-state index in [2.05, 4.69) is 15.5 Å². The fourth-order valence-corrected chi connectivity index (χ4v) is 7.34. The van der Waals surface area contributed by atoms with Crippen molar-refractivity contribution in [3.8, 4) is 5.75 Å². The van der Waals surface area contributed by atoms with Gasteiger partial charge < -0.3 is 20.5 Å². The van der Waals surface area contributed by atoms with Crippen molar-refractivity contribution in [3.63, 3.8) is 0 Å². The summed E-state index contributed by atoms with van der Waals surface area (Å²) in [6.45, 7) is 5.83. The number of rotatable bonds is 9. The topological polar surface area (TPSA) is 128 Å². The summed E-state index contributed by atoms with van der Waals surface area (Å²) < 4.78 is 34.2. The molecule has 0 aromatic heterocycles. The predicted molar refractivity (Wildman–Crippen MR) is 142 cm³/mol. The van der Waals surface area contributed by atoms with Crippen LogP contribution in [-0.4, -0.2) is 73.2 Å². The zero-order chi connectivity index (χ0) is 26.5. The summed E-state index contributed by atoms with van der Waals surface area (Å²) in [6.07, 6.45) is 4.79. The number of halogens is 1. The second kappa shape index (κ2) is 10.2. The quantitative estimate of drug-likeness (QED) is 0.317. The largest absolute Gasteiger partial charge is 0.504 e. The molecule has 2 aromatic carbocycles. The third kappa shape index (κ3) is 4.99. The van der Waals surface area contributed by atoms with Gasteiger partial charge in [0.1, 0.15) is 16.3 Å². The van der Waals surface area contributed by atoms with E-state index in [-0.39, 0.29) is 40.3 Å². The number of aromatic hydroxyl groups is 1. The summed E-state index contributed by atoms with van der Waals surface area (Å²) in [5.74, 6) is -0.587. The molecule has 1 unspecified atom stereocenters. The van der Waals surface area contributed by atoms with Crippen LogP contribution in [0.5, 0.6) is 5.75 Å². The maximum atomic E-state index is 13.5. The molecule has 0 radical (unpaired) electrons. The van der Waals surface area contributed by atoms with Crippen LogP contribution < -0.4 is 21.5 Å². The first-order valence-corrected chi connectivity index (χ1v) is 14.7. The van der Waals surface area contributed by atoms with Crippen molar-refractivity contribution in [2.75, 3.05) is 36.8 Å². The minimum Gasteiger partial charge on any atom is -0.504 e. The first-order valence-electron chi connectivity index (χ1n) is 12.9. The molecule has 2 aromatic rings. The van der Waals surface area contributed by atoms with Gasteiger partial charge in [0, 0.05) is 32.2 Å². The lowest BCUT2D eigenvalue weighted by molar-refractivity contribution is 0.0438. The summed E-state index contributed by atoms with van der Waals surface area (Å²) >= 11 is 6.27. The van der Waals surface area contributed by atoms with Crippen LogP contribution in [-0.2, 0) is 14.8 Å². The van der Waals surface area contributed by atoms with Crippen molar-refractivity contribution in [3.05, 3.63) is 37.6 Å². The van der Waals surface area contributed by atoms with Crippen molar-refractivity contribution in [2.24, 2.45) is 0 Å². The van der Waals surface area contributed by atoms with Crippen molar-refractivity contribution < 1.29 is 18.3 Å². The van der Waals surface area contributed by atoms with Crippen LogP contribution in [0.25, 0.3) is 0 Å². The fraction of sp³-hybridized carbons (Fsp3) is 0.600. The zero-order valence-electron chi connectivity index (χ0n) is 21.0. The number of hydrogen-bond donors (Lipinski definition) is 3. The Labute approximate surface area is 221 Å². The molecular weight excluding hydrogens is 520 g/mol.